The van der Waals surface area contributed by atoms with Gasteiger partial charge in [-0.1, -0.05) is 6.08 Å². The van der Waals surface area contributed by atoms with Gasteiger partial charge in [-0.25, -0.2) is 0 Å². The summed E-state index contributed by atoms with van der Waals surface area (Å²) >= 11 is 0. The minimum absolute atomic E-state index is 0.0316. The lowest BCUT2D eigenvalue weighted by molar-refractivity contribution is -0.122. The lowest BCUT2D eigenvalue weighted by Gasteiger charge is -2.58. The van der Waals surface area contributed by atoms with Gasteiger partial charge in [0.1, 0.15) is 0 Å². The van der Waals surface area contributed by atoms with E-state index < -0.39 is 0 Å². The van der Waals surface area contributed by atoms with Crippen LogP contribution in [-0.4, -0.2) is 11.2 Å². The highest BCUT2D eigenvalue weighted by atomic mass is 16.3. The molecule has 1 heteroatoms. The van der Waals surface area contributed by atoms with Crippen LogP contribution in [-0.2, 0) is 0 Å². The van der Waals surface area contributed by atoms with E-state index in [2.05, 4.69) is 6.58 Å². The van der Waals surface area contributed by atoms with Gasteiger partial charge in [-0.2, -0.15) is 0 Å². The summed E-state index contributed by atoms with van der Waals surface area (Å²) in [7, 11) is 0. The molecular weight excluding hydrogens is 208 g/mol. The van der Waals surface area contributed by atoms with E-state index in [-0.39, 0.29) is 6.10 Å². The second-order valence-corrected chi connectivity index (χ2v) is 7.02. The Balaban J connectivity index is 1.66. The lowest BCUT2D eigenvalue weighted by atomic mass is 9.48. The number of rotatable bonds is 5. The van der Waals surface area contributed by atoms with Crippen LogP contribution in [0.2, 0.25) is 0 Å². The van der Waals surface area contributed by atoms with E-state index in [1.54, 1.807) is 0 Å². The number of aliphatic hydroxyl groups excluding tert-OH is 1. The van der Waals surface area contributed by atoms with Crippen LogP contribution in [0, 0.1) is 23.2 Å². The van der Waals surface area contributed by atoms with Gasteiger partial charge in [0.2, 0.25) is 0 Å². The zero-order chi connectivity index (χ0) is 11.9. The van der Waals surface area contributed by atoms with Crippen molar-refractivity contribution >= 4 is 0 Å². The molecule has 4 fully saturated rings. The molecule has 1 atom stereocenters. The Labute approximate surface area is 105 Å². The molecule has 0 heterocycles. The third kappa shape index (κ3) is 2.07. The highest BCUT2D eigenvalue weighted by Crippen LogP contribution is 2.61. The van der Waals surface area contributed by atoms with E-state index in [1.807, 2.05) is 6.08 Å². The molecule has 0 amide bonds. The molecule has 96 valence electrons. The van der Waals surface area contributed by atoms with Crippen LogP contribution in [0.25, 0.3) is 0 Å². The predicted molar refractivity (Wildman–Crippen MR) is 70.7 cm³/mol. The monoisotopic (exact) mass is 234 g/mol. The number of hydrogen-bond acceptors (Lipinski definition) is 1. The van der Waals surface area contributed by atoms with Crippen molar-refractivity contribution in [3.05, 3.63) is 12.7 Å². The van der Waals surface area contributed by atoms with Gasteiger partial charge < -0.3 is 5.11 Å². The largest absolute Gasteiger partial charge is 0.393 e. The maximum atomic E-state index is 10.6. The average Bonchev–Trinajstić information content (AvgIpc) is 2.27. The summed E-state index contributed by atoms with van der Waals surface area (Å²) in [6.07, 6.45) is 13.5. The van der Waals surface area contributed by atoms with E-state index in [1.165, 1.54) is 38.5 Å². The predicted octanol–water partition coefficient (Wildman–Crippen LogP) is 3.92. The standard InChI is InChI=1S/C16H26O/c1-2-3-4-5-15(17)16-9-12-6-13(10-16)8-14(7-12)11-16/h2,12-15,17H,1,3-11H2. The van der Waals surface area contributed by atoms with Crippen LogP contribution in [0.3, 0.4) is 0 Å². The van der Waals surface area contributed by atoms with Crippen molar-refractivity contribution in [3.63, 3.8) is 0 Å². The molecule has 4 rings (SSSR count). The van der Waals surface area contributed by atoms with Crippen molar-refractivity contribution in [1.82, 2.24) is 0 Å². The zero-order valence-electron chi connectivity index (χ0n) is 10.9. The summed E-state index contributed by atoms with van der Waals surface area (Å²) in [6, 6.07) is 0. The fraction of sp³-hybridized carbons (Fsp3) is 0.875. The van der Waals surface area contributed by atoms with E-state index in [9.17, 15) is 5.11 Å². The molecule has 1 unspecified atom stereocenters. The van der Waals surface area contributed by atoms with Crippen molar-refractivity contribution in [2.75, 3.05) is 0 Å². The SMILES string of the molecule is C=CCCCC(O)C12CC3CC(CC(C3)C1)C2. The first kappa shape index (κ1) is 11.8. The summed E-state index contributed by atoms with van der Waals surface area (Å²) in [5.41, 5.74) is 0.329. The van der Waals surface area contributed by atoms with E-state index in [4.69, 9.17) is 0 Å². The third-order valence-corrected chi connectivity index (χ3v) is 5.68. The average molecular weight is 234 g/mol. The first-order valence-electron chi connectivity index (χ1n) is 7.51. The third-order valence-electron chi connectivity index (χ3n) is 5.68. The van der Waals surface area contributed by atoms with Gasteiger partial charge in [0, 0.05) is 0 Å². The number of allylic oxidation sites excluding steroid dienone is 1. The Morgan fingerprint density at radius 2 is 1.65 bits per heavy atom. The zero-order valence-corrected chi connectivity index (χ0v) is 10.9. The Bertz CT molecular complexity index is 259. The first-order valence-corrected chi connectivity index (χ1v) is 7.51. The summed E-state index contributed by atoms with van der Waals surface area (Å²) in [6.45, 7) is 3.77. The molecule has 0 saturated heterocycles. The normalized spacial score (nSPS) is 44.9. The second kappa shape index (κ2) is 4.42. The highest BCUT2D eigenvalue weighted by Gasteiger charge is 2.53. The summed E-state index contributed by atoms with van der Waals surface area (Å²) in [5, 5.41) is 10.6. The molecule has 0 aromatic heterocycles. The van der Waals surface area contributed by atoms with Gasteiger partial charge in [-0.05, 0) is 81.0 Å². The smallest absolute Gasteiger partial charge is 0.0596 e. The van der Waals surface area contributed by atoms with Crippen LogP contribution >= 0.6 is 0 Å². The lowest BCUT2D eigenvalue weighted by Crippen LogP contribution is -2.51. The maximum absolute atomic E-state index is 10.6. The van der Waals surface area contributed by atoms with Crippen LogP contribution < -0.4 is 0 Å². The van der Waals surface area contributed by atoms with E-state index >= 15 is 0 Å². The van der Waals surface area contributed by atoms with Gasteiger partial charge in [0.25, 0.3) is 0 Å². The molecule has 4 saturated carbocycles. The molecular formula is C16H26O. The molecule has 4 aliphatic carbocycles. The van der Waals surface area contributed by atoms with E-state index in [0.29, 0.717) is 5.41 Å². The maximum Gasteiger partial charge on any atom is 0.0596 e. The molecule has 0 radical (unpaired) electrons. The molecule has 1 N–H and O–H groups in total. The first-order chi connectivity index (χ1) is 8.22. The second-order valence-electron chi connectivity index (χ2n) is 7.02. The van der Waals surface area contributed by atoms with Gasteiger partial charge >= 0.3 is 0 Å². The van der Waals surface area contributed by atoms with Crippen LogP contribution in [0.1, 0.15) is 57.8 Å². The van der Waals surface area contributed by atoms with Crippen LogP contribution in [0.15, 0.2) is 12.7 Å². The van der Waals surface area contributed by atoms with Gasteiger partial charge in [0.05, 0.1) is 6.10 Å². The van der Waals surface area contributed by atoms with Crippen molar-refractivity contribution in [1.29, 1.82) is 0 Å². The van der Waals surface area contributed by atoms with Crippen LogP contribution in [0.5, 0.6) is 0 Å². The fourth-order valence-corrected chi connectivity index (χ4v) is 5.35. The molecule has 4 bridgehead atoms. The molecule has 4 aliphatic rings. The fourth-order valence-electron chi connectivity index (χ4n) is 5.35. The van der Waals surface area contributed by atoms with Crippen molar-refractivity contribution in [2.45, 2.75) is 63.9 Å². The number of unbranched alkanes of at least 4 members (excludes halogenated alkanes) is 1. The van der Waals surface area contributed by atoms with E-state index in [0.717, 1.165) is 37.0 Å². The molecule has 0 aromatic carbocycles. The minimum atomic E-state index is -0.0316. The summed E-state index contributed by atoms with van der Waals surface area (Å²) in [5.74, 6) is 2.86. The molecule has 1 nitrogen and oxygen atoms in total. The van der Waals surface area contributed by atoms with Crippen molar-refractivity contribution in [2.24, 2.45) is 23.2 Å². The number of hydrogen-bond donors (Lipinski definition) is 1. The topological polar surface area (TPSA) is 20.2 Å². The Morgan fingerprint density at radius 1 is 1.12 bits per heavy atom. The Morgan fingerprint density at radius 3 is 2.12 bits per heavy atom. The molecule has 0 aliphatic heterocycles. The Hall–Kier alpha value is -0.300. The minimum Gasteiger partial charge on any atom is -0.393 e. The van der Waals surface area contributed by atoms with Crippen molar-refractivity contribution in [3.8, 4) is 0 Å². The molecule has 0 spiro atoms. The van der Waals surface area contributed by atoms with Gasteiger partial charge in [0.15, 0.2) is 0 Å². The van der Waals surface area contributed by atoms with Crippen molar-refractivity contribution < 1.29 is 5.11 Å². The van der Waals surface area contributed by atoms with Gasteiger partial charge in [-0.3, -0.25) is 0 Å². The summed E-state index contributed by atoms with van der Waals surface area (Å²) in [4.78, 5) is 0. The molecule has 0 aromatic rings. The summed E-state index contributed by atoms with van der Waals surface area (Å²) < 4.78 is 0. The Kier molecular flexibility index (Phi) is 3.06. The highest BCUT2D eigenvalue weighted by molar-refractivity contribution is 5.04. The molecule has 17 heavy (non-hydrogen) atoms. The van der Waals surface area contributed by atoms with Crippen LogP contribution in [0.4, 0.5) is 0 Å². The number of aliphatic hydroxyl groups is 1. The van der Waals surface area contributed by atoms with Gasteiger partial charge in [-0.15, -0.1) is 6.58 Å². The quantitative estimate of drug-likeness (QED) is 0.564.